The first-order valence-electron chi connectivity index (χ1n) is 4.50. The minimum atomic E-state index is -0.574. The van der Waals surface area contributed by atoms with Gasteiger partial charge in [0.2, 0.25) is 11.6 Å². The van der Waals surface area contributed by atoms with Gasteiger partial charge < -0.3 is 4.74 Å². The molecule has 0 radical (unpaired) electrons. The van der Waals surface area contributed by atoms with Crippen LogP contribution >= 0.6 is 34.8 Å². The second-order valence-corrected chi connectivity index (χ2v) is 4.42. The minimum Gasteiger partial charge on any atom is -0.495 e. The lowest BCUT2D eigenvalue weighted by Gasteiger charge is -2.16. The number of benzene rings is 1. The van der Waals surface area contributed by atoms with Crippen LogP contribution in [0.4, 0.5) is 0 Å². The van der Waals surface area contributed by atoms with Crippen molar-refractivity contribution in [2.75, 3.05) is 7.11 Å². The Balaban J connectivity index is 2.77. The summed E-state index contributed by atoms with van der Waals surface area (Å²) in [7, 11) is 1.41. The highest BCUT2D eigenvalue weighted by atomic mass is 35.5. The molecule has 2 rings (SSSR count). The zero-order valence-electron chi connectivity index (χ0n) is 8.51. The van der Waals surface area contributed by atoms with E-state index in [1.54, 1.807) is 0 Å². The molecule has 0 saturated carbocycles. The predicted octanol–water partition coefficient (Wildman–Crippen LogP) is 3.42. The maximum Gasteiger partial charge on any atom is 0.208 e. The topological polar surface area (TPSA) is 43.4 Å². The number of hydrogen-bond acceptors (Lipinski definition) is 3. The van der Waals surface area contributed by atoms with E-state index in [9.17, 15) is 9.59 Å². The van der Waals surface area contributed by atoms with Gasteiger partial charge in [0.1, 0.15) is 15.8 Å². The molecule has 1 aliphatic carbocycles. The molecule has 0 unspecified atom stereocenters. The van der Waals surface area contributed by atoms with Gasteiger partial charge in [-0.05, 0) is 12.1 Å². The SMILES string of the molecule is COc1ccc2c(c1Cl)C(=O)C(Cl)=C(Cl)C2=O. The van der Waals surface area contributed by atoms with Crippen LogP contribution in [0.25, 0.3) is 0 Å². The molecule has 0 aromatic heterocycles. The van der Waals surface area contributed by atoms with Gasteiger partial charge in [-0.2, -0.15) is 0 Å². The van der Waals surface area contributed by atoms with E-state index in [4.69, 9.17) is 39.5 Å². The van der Waals surface area contributed by atoms with E-state index in [1.165, 1.54) is 19.2 Å². The third-order valence-electron chi connectivity index (χ3n) is 2.39. The summed E-state index contributed by atoms with van der Waals surface area (Å²) in [5.74, 6) is -0.792. The van der Waals surface area contributed by atoms with E-state index in [0.29, 0.717) is 5.75 Å². The van der Waals surface area contributed by atoms with E-state index in [-0.39, 0.29) is 26.2 Å². The van der Waals surface area contributed by atoms with Crippen LogP contribution in [0.2, 0.25) is 5.02 Å². The van der Waals surface area contributed by atoms with E-state index >= 15 is 0 Å². The van der Waals surface area contributed by atoms with Crippen molar-refractivity contribution in [1.82, 2.24) is 0 Å². The van der Waals surface area contributed by atoms with Crippen molar-refractivity contribution in [1.29, 1.82) is 0 Å². The second kappa shape index (κ2) is 4.33. The number of carbonyl (C=O) groups excluding carboxylic acids is 2. The van der Waals surface area contributed by atoms with Crippen molar-refractivity contribution >= 4 is 46.4 Å². The summed E-state index contributed by atoms with van der Waals surface area (Å²) in [4.78, 5) is 23.7. The molecule has 0 saturated heterocycles. The van der Waals surface area contributed by atoms with Crippen molar-refractivity contribution < 1.29 is 14.3 Å². The maximum atomic E-state index is 11.9. The molecule has 17 heavy (non-hydrogen) atoms. The van der Waals surface area contributed by atoms with Crippen LogP contribution in [-0.4, -0.2) is 18.7 Å². The Kier molecular flexibility index (Phi) is 3.17. The van der Waals surface area contributed by atoms with Crippen LogP contribution in [0.1, 0.15) is 20.7 Å². The number of allylic oxidation sites excluding steroid dienone is 2. The number of hydrogen-bond donors (Lipinski definition) is 0. The average molecular weight is 292 g/mol. The molecule has 0 heterocycles. The molecule has 6 heteroatoms. The van der Waals surface area contributed by atoms with Crippen LogP contribution in [-0.2, 0) is 0 Å². The fraction of sp³-hybridized carbons (Fsp3) is 0.0909. The van der Waals surface area contributed by atoms with Crippen LogP contribution < -0.4 is 4.74 Å². The molecule has 88 valence electrons. The molecular formula is C11H5Cl3O3. The molecule has 0 fully saturated rings. The molecule has 0 amide bonds. The Labute approximate surface area is 112 Å². The molecule has 1 aliphatic rings. The molecular weight excluding hydrogens is 286 g/mol. The quantitative estimate of drug-likeness (QED) is 0.796. The molecule has 0 N–H and O–H groups in total. The van der Waals surface area contributed by atoms with E-state index in [0.717, 1.165) is 0 Å². The van der Waals surface area contributed by atoms with Crippen molar-refractivity contribution in [3.63, 3.8) is 0 Å². The summed E-state index contributed by atoms with van der Waals surface area (Å²) in [5.41, 5.74) is 0.167. The number of Topliss-reactive ketones (excluding diaryl/α,β-unsaturated/α-hetero) is 2. The molecule has 0 spiro atoms. The van der Waals surface area contributed by atoms with Crippen LogP contribution in [0.5, 0.6) is 5.75 Å². The summed E-state index contributed by atoms with van der Waals surface area (Å²) in [5, 5.41) is -0.546. The highest BCUT2D eigenvalue weighted by Crippen LogP contribution is 2.38. The summed E-state index contributed by atoms with van der Waals surface area (Å²) < 4.78 is 4.97. The van der Waals surface area contributed by atoms with E-state index in [2.05, 4.69) is 0 Å². The Morgan fingerprint density at radius 1 is 1.00 bits per heavy atom. The molecule has 1 aromatic carbocycles. The van der Waals surface area contributed by atoms with Gasteiger partial charge in [0, 0.05) is 5.56 Å². The number of ether oxygens (including phenoxy) is 1. The van der Waals surface area contributed by atoms with Crippen LogP contribution in [0.15, 0.2) is 22.2 Å². The van der Waals surface area contributed by atoms with Gasteiger partial charge in [-0.15, -0.1) is 0 Å². The van der Waals surface area contributed by atoms with Crippen molar-refractivity contribution in [3.05, 3.63) is 38.3 Å². The molecule has 0 aliphatic heterocycles. The lowest BCUT2D eigenvalue weighted by Crippen LogP contribution is -2.18. The van der Waals surface area contributed by atoms with E-state index < -0.39 is 11.6 Å². The summed E-state index contributed by atoms with van der Waals surface area (Å²) in [6.07, 6.45) is 0. The summed E-state index contributed by atoms with van der Waals surface area (Å²) in [6, 6.07) is 2.93. The number of ketones is 2. The van der Waals surface area contributed by atoms with Crippen molar-refractivity contribution in [2.45, 2.75) is 0 Å². The summed E-state index contributed by atoms with van der Waals surface area (Å²) in [6.45, 7) is 0. The van der Waals surface area contributed by atoms with Crippen LogP contribution in [0, 0.1) is 0 Å². The zero-order chi connectivity index (χ0) is 12.7. The highest BCUT2D eigenvalue weighted by Gasteiger charge is 2.33. The first-order valence-corrected chi connectivity index (χ1v) is 5.63. The minimum absolute atomic E-state index is 0.0328. The zero-order valence-corrected chi connectivity index (χ0v) is 10.8. The van der Waals surface area contributed by atoms with Gasteiger partial charge in [0.25, 0.3) is 0 Å². The second-order valence-electron chi connectivity index (χ2n) is 3.29. The first kappa shape index (κ1) is 12.4. The molecule has 1 aromatic rings. The highest BCUT2D eigenvalue weighted by molar-refractivity contribution is 6.60. The lowest BCUT2D eigenvalue weighted by molar-refractivity contribution is 0.0986. The van der Waals surface area contributed by atoms with Gasteiger partial charge >= 0.3 is 0 Å². The number of fused-ring (bicyclic) bond motifs is 1. The largest absolute Gasteiger partial charge is 0.495 e. The van der Waals surface area contributed by atoms with Gasteiger partial charge in [-0.1, -0.05) is 34.8 Å². The van der Waals surface area contributed by atoms with Gasteiger partial charge in [0.05, 0.1) is 17.7 Å². The standard InChI is InChI=1S/C11H5Cl3O3/c1-17-5-3-2-4-6(7(5)12)11(16)9(14)8(13)10(4)15/h2-3H,1H3. The van der Waals surface area contributed by atoms with Crippen molar-refractivity contribution in [3.8, 4) is 5.75 Å². The Hall–Kier alpha value is -1.03. The third-order valence-corrected chi connectivity index (χ3v) is 3.58. The predicted molar refractivity (Wildman–Crippen MR) is 65.4 cm³/mol. The fourth-order valence-electron chi connectivity index (χ4n) is 1.55. The first-order chi connectivity index (χ1) is 7.99. The lowest BCUT2D eigenvalue weighted by atomic mass is 9.94. The van der Waals surface area contributed by atoms with E-state index in [1.807, 2.05) is 0 Å². The molecule has 0 atom stereocenters. The third kappa shape index (κ3) is 1.75. The van der Waals surface area contributed by atoms with Gasteiger partial charge in [-0.25, -0.2) is 0 Å². The average Bonchev–Trinajstić information content (AvgIpc) is 2.33. The van der Waals surface area contributed by atoms with Crippen molar-refractivity contribution in [2.24, 2.45) is 0 Å². The summed E-state index contributed by atoms with van der Waals surface area (Å²) >= 11 is 17.3. The number of carbonyl (C=O) groups is 2. The Morgan fingerprint density at radius 3 is 2.18 bits per heavy atom. The Bertz CT molecular complexity index is 576. The molecule has 3 nitrogen and oxygen atoms in total. The maximum absolute atomic E-state index is 11.9. The van der Waals surface area contributed by atoms with Crippen LogP contribution in [0.3, 0.4) is 0 Å². The monoisotopic (exact) mass is 290 g/mol. The molecule has 0 bridgehead atoms. The fourth-order valence-corrected chi connectivity index (χ4v) is 2.25. The Morgan fingerprint density at radius 2 is 1.59 bits per heavy atom. The number of methoxy groups -OCH3 is 1. The number of halogens is 3. The van der Waals surface area contributed by atoms with Gasteiger partial charge in [0.15, 0.2) is 0 Å². The number of rotatable bonds is 1. The van der Waals surface area contributed by atoms with Gasteiger partial charge in [-0.3, -0.25) is 9.59 Å². The smallest absolute Gasteiger partial charge is 0.208 e. The normalized spacial score (nSPS) is 15.1.